The lowest BCUT2D eigenvalue weighted by Crippen LogP contribution is -2.42. The first-order chi connectivity index (χ1) is 14.0. The second-order valence-corrected chi connectivity index (χ2v) is 9.75. The third-order valence-corrected chi connectivity index (χ3v) is 6.25. The summed E-state index contributed by atoms with van der Waals surface area (Å²) in [7, 11) is -4.15. The summed E-state index contributed by atoms with van der Waals surface area (Å²) >= 11 is 0. The Morgan fingerprint density at radius 1 is 1.43 bits per heavy atom. The molecule has 30 heavy (non-hydrogen) atoms. The third-order valence-electron chi connectivity index (χ3n) is 5.50. The largest absolute Gasteiger partial charge is 0.444 e. The predicted octanol–water partition coefficient (Wildman–Crippen LogP) is 3.12. The van der Waals surface area contributed by atoms with Gasteiger partial charge in [-0.05, 0) is 24.6 Å². The number of anilines is 2. The lowest BCUT2D eigenvalue weighted by molar-refractivity contribution is 0.139. The monoisotopic (exact) mass is 437 g/mol. The van der Waals surface area contributed by atoms with Crippen LogP contribution in [0.3, 0.4) is 0 Å². The number of rotatable bonds is 5. The topological polar surface area (TPSA) is 111 Å². The predicted molar refractivity (Wildman–Crippen MR) is 109 cm³/mol. The van der Waals surface area contributed by atoms with Crippen molar-refractivity contribution in [2.24, 2.45) is 5.41 Å². The molecule has 2 fully saturated rings. The smallest absolute Gasteiger partial charge is 0.414 e. The van der Waals surface area contributed by atoms with Gasteiger partial charge in [-0.15, -0.1) is 0 Å². The van der Waals surface area contributed by atoms with Crippen LogP contribution >= 0.6 is 0 Å². The van der Waals surface area contributed by atoms with E-state index in [0.717, 1.165) is 5.57 Å². The quantitative estimate of drug-likeness (QED) is 0.556. The van der Waals surface area contributed by atoms with Crippen LogP contribution in [0.1, 0.15) is 26.7 Å². The van der Waals surface area contributed by atoms with E-state index in [2.05, 4.69) is 6.07 Å². The first-order valence-corrected chi connectivity index (χ1v) is 11.2. The standard InChI is InChI=1S/C20H24FN3O5S/c1-20(2)13-23(9-6-14(20)5-8-22)18-4-3-15(11-17(18)21)24-12-16(29-19(24)25)7-10-30(26,27)28/h3-5,11,16H,6-7,9-10,12-13H2,1-2H3,(H,26,27,28)/t16-/m1/s1. The van der Waals surface area contributed by atoms with Gasteiger partial charge in [0.1, 0.15) is 11.9 Å². The summed E-state index contributed by atoms with van der Waals surface area (Å²) in [5, 5.41) is 8.94. The summed E-state index contributed by atoms with van der Waals surface area (Å²) in [5.74, 6) is -0.996. The number of ether oxygens (including phenoxy) is 1. The fourth-order valence-corrected chi connectivity index (χ4v) is 4.45. The molecule has 162 valence electrons. The average molecular weight is 437 g/mol. The maximum Gasteiger partial charge on any atom is 0.414 e. The van der Waals surface area contributed by atoms with Crippen molar-refractivity contribution in [3.05, 3.63) is 35.7 Å². The molecule has 0 unspecified atom stereocenters. The van der Waals surface area contributed by atoms with Gasteiger partial charge in [0, 0.05) is 31.0 Å². The second-order valence-electron chi connectivity index (χ2n) is 8.18. The molecule has 10 heteroatoms. The minimum atomic E-state index is -4.15. The lowest BCUT2D eigenvalue weighted by Gasteiger charge is -2.41. The van der Waals surface area contributed by atoms with Crippen molar-refractivity contribution in [3.63, 3.8) is 0 Å². The van der Waals surface area contributed by atoms with Gasteiger partial charge in [0.2, 0.25) is 0 Å². The molecule has 1 N–H and O–H groups in total. The number of hydrogen-bond donors (Lipinski definition) is 1. The van der Waals surface area contributed by atoms with Crippen LogP contribution < -0.4 is 9.80 Å². The van der Waals surface area contributed by atoms with Crippen molar-refractivity contribution < 1.29 is 26.9 Å². The van der Waals surface area contributed by atoms with Crippen LogP contribution in [0.4, 0.5) is 20.6 Å². The molecule has 1 amide bonds. The van der Waals surface area contributed by atoms with Gasteiger partial charge in [-0.25, -0.2) is 9.18 Å². The highest BCUT2D eigenvalue weighted by Gasteiger charge is 2.35. The average Bonchev–Trinajstić information content (AvgIpc) is 3.02. The fraction of sp³-hybridized carbons (Fsp3) is 0.500. The normalized spacial score (nSPS) is 22.8. The van der Waals surface area contributed by atoms with Crippen LogP contribution in [0.15, 0.2) is 29.8 Å². The van der Waals surface area contributed by atoms with Crippen LogP contribution in [0, 0.1) is 22.6 Å². The summed E-state index contributed by atoms with van der Waals surface area (Å²) in [5.41, 5.74) is 1.50. The third kappa shape index (κ3) is 4.91. The number of nitrogens with zero attached hydrogens (tertiary/aromatic N) is 3. The zero-order valence-corrected chi connectivity index (χ0v) is 17.7. The number of hydrogen-bond acceptors (Lipinski definition) is 6. The summed E-state index contributed by atoms with van der Waals surface area (Å²) in [6, 6.07) is 6.56. The van der Waals surface area contributed by atoms with E-state index < -0.39 is 33.9 Å². The van der Waals surface area contributed by atoms with Crippen molar-refractivity contribution in [1.29, 1.82) is 5.26 Å². The van der Waals surface area contributed by atoms with Gasteiger partial charge in [-0.3, -0.25) is 9.45 Å². The van der Waals surface area contributed by atoms with Crippen molar-refractivity contribution in [2.45, 2.75) is 32.8 Å². The number of piperidine rings is 1. The van der Waals surface area contributed by atoms with E-state index in [1.807, 2.05) is 18.7 Å². The molecule has 2 aliphatic rings. The molecule has 2 aliphatic heterocycles. The Kier molecular flexibility index (Phi) is 6.06. The minimum absolute atomic E-state index is 0.0386. The molecule has 0 bridgehead atoms. The molecule has 0 aliphatic carbocycles. The van der Waals surface area contributed by atoms with Crippen molar-refractivity contribution in [1.82, 2.24) is 0 Å². The van der Waals surface area contributed by atoms with E-state index in [4.69, 9.17) is 14.6 Å². The van der Waals surface area contributed by atoms with E-state index in [0.29, 0.717) is 30.9 Å². The number of carbonyl (C=O) groups excluding carboxylic acids is 1. The van der Waals surface area contributed by atoms with Crippen LogP contribution in [0.2, 0.25) is 0 Å². The summed E-state index contributed by atoms with van der Waals surface area (Å²) in [4.78, 5) is 15.3. The van der Waals surface area contributed by atoms with Gasteiger partial charge >= 0.3 is 6.09 Å². The van der Waals surface area contributed by atoms with Crippen molar-refractivity contribution in [3.8, 4) is 6.07 Å². The van der Waals surface area contributed by atoms with Gasteiger partial charge in [0.05, 0.1) is 29.7 Å². The molecule has 1 aromatic rings. The maximum atomic E-state index is 14.9. The number of benzene rings is 1. The molecular formula is C20H24FN3O5S. The van der Waals surface area contributed by atoms with E-state index in [1.165, 1.54) is 11.0 Å². The number of nitriles is 1. The Morgan fingerprint density at radius 2 is 2.17 bits per heavy atom. The Morgan fingerprint density at radius 3 is 2.77 bits per heavy atom. The number of halogens is 1. The van der Waals surface area contributed by atoms with Crippen molar-refractivity contribution in [2.75, 3.05) is 35.2 Å². The minimum Gasteiger partial charge on any atom is -0.444 e. The van der Waals surface area contributed by atoms with E-state index in [1.54, 1.807) is 18.2 Å². The maximum absolute atomic E-state index is 14.9. The van der Waals surface area contributed by atoms with Gasteiger partial charge in [0.15, 0.2) is 0 Å². The Bertz CT molecular complexity index is 1020. The Hall–Kier alpha value is -2.64. The van der Waals surface area contributed by atoms with Crippen LogP contribution in [-0.2, 0) is 14.9 Å². The molecular weight excluding hydrogens is 413 g/mol. The summed E-state index contributed by atoms with van der Waals surface area (Å²) in [6.45, 7) is 5.24. The fourth-order valence-electron chi connectivity index (χ4n) is 3.89. The summed E-state index contributed by atoms with van der Waals surface area (Å²) in [6.07, 6.45) is 0.802. The highest BCUT2D eigenvalue weighted by molar-refractivity contribution is 7.85. The van der Waals surface area contributed by atoms with Crippen LogP contribution in [0.25, 0.3) is 0 Å². The molecule has 2 saturated heterocycles. The lowest BCUT2D eigenvalue weighted by atomic mass is 9.78. The van der Waals surface area contributed by atoms with E-state index >= 15 is 0 Å². The molecule has 0 spiro atoms. The number of amides is 1. The second kappa shape index (κ2) is 8.24. The Balaban J connectivity index is 1.72. The first kappa shape index (κ1) is 22.1. The number of cyclic esters (lactones) is 1. The highest BCUT2D eigenvalue weighted by Crippen LogP contribution is 2.38. The van der Waals surface area contributed by atoms with Crippen LogP contribution in [0.5, 0.6) is 0 Å². The van der Waals surface area contributed by atoms with Crippen molar-refractivity contribution >= 4 is 27.6 Å². The SMILES string of the molecule is CC1(C)CN(c2ccc(N3C[C@@H](CCS(=O)(=O)O)OC3=O)cc2F)CCC1=CC#N. The van der Waals surface area contributed by atoms with Gasteiger partial charge < -0.3 is 9.64 Å². The molecule has 0 radical (unpaired) electrons. The Labute approximate surface area is 175 Å². The van der Waals surface area contributed by atoms with Gasteiger partial charge in [0.25, 0.3) is 10.1 Å². The molecule has 0 aromatic heterocycles. The zero-order valence-electron chi connectivity index (χ0n) is 16.8. The first-order valence-electron chi connectivity index (χ1n) is 9.57. The number of allylic oxidation sites excluding steroid dienone is 1. The molecule has 2 heterocycles. The molecule has 1 aromatic carbocycles. The highest BCUT2D eigenvalue weighted by atomic mass is 32.2. The van der Waals surface area contributed by atoms with E-state index in [9.17, 15) is 17.6 Å². The molecule has 8 nitrogen and oxygen atoms in total. The summed E-state index contributed by atoms with van der Waals surface area (Å²) < 4.78 is 50.6. The van der Waals surface area contributed by atoms with Gasteiger partial charge in [-0.1, -0.05) is 19.4 Å². The number of carbonyl (C=O) groups is 1. The molecule has 3 rings (SSSR count). The molecule has 0 saturated carbocycles. The van der Waals surface area contributed by atoms with E-state index in [-0.39, 0.29) is 18.4 Å². The molecule has 1 atom stereocenters. The van der Waals surface area contributed by atoms with Crippen LogP contribution in [-0.4, -0.2) is 50.6 Å². The zero-order chi connectivity index (χ0) is 22.1. The van der Waals surface area contributed by atoms with Gasteiger partial charge in [-0.2, -0.15) is 13.7 Å².